The van der Waals surface area contributed by atoms with Crippen LogP contribution >= 0.6 is 0 Å². The number of hydrogen-bond donors (Lipinski definition) is 0. The molecule has 0 spiro atoms. The predicted octanol–water partition coefficient (Wildman–Crippen LogP) is 7.67. The Labute approximate surface area is 231 Å². The summed E-state index contributed by atoms with van der Waals surface area (Å²) in [5.74, 6) is 0. The van der Waals surface area contributed by atoms with Crippen LogP contribution in [0.4, 0.5) is 0 Å². The maximum atomic E-state index is 4.91. The highest BCUT2D eigenvalue weighted by Gasteiger charge is 2.64. The summed E-state index contributed by atoms with van der Waals surface area (Å²) in [6.45, 7) is 12.0. The SMILES string of the molecule is C=C1[n+]2ccccc2-c2ccccc2CCC2(C)c3ccccc3-c3cc(C)c(-c4ccccc4)c[n+]3C12C. The molecule has 0 saturated carbocycles. The van der Waals surface area contributed by atoms with Crippen molar-refractivity contribution >= 4 is 5.70 Å². The summed E-state index contributed by atoms with van der Waals surface area (Å²) in [6, 6.07) is 37.6. The number of aromatic nitrogens is 2. The first-order valence-corrected chi connectivity index (χ1v) is 13.9. The zero-order valence-electron chi connectivity index (χ0n) is 23.0. The molecule has 2 aliphatic heterocycles. The summed E-state index contributed by atoms with van der Waals surface area (Å²) in [7, 11) is 0. The van der Waals surface area contributed by atoms with Crippen molar-refractivity contribution in [2.75, 3.05) is 0 Å². The Kier molecular flexibility index (Phi) is 5.25. The lowest BCUT2D eigenvalue weighted by molar-refractivity contribution is -0.769. The fourth-order valence-electron chi connectivity index (χ4n) is 7.21. The molecule has 0 N–H and O–H groups in total. The zero-order chi connectivity index (χ0) is 26.8. The molecule has 0 bridgehead atoms. The van der Waals surface area contributed by atoms with Crippen molar-refractivity contribution in [3.8, 4) is 33.6 Å². The lowest BCUT2D eigenvalue weighted by Gasteiger charge is -2.45. The first kappa shape index (κ1) is 23.8. The van der Waals surface area contributed by atoms with Crippen LogP contribution in [0.5, 0.6) is 0 Å². The molecule has 5 aromatic rings. The summed E-state index contributed by atoms with van der Waals surface area (Å²) in [5.41, 5.74) is 12.1. The van der Waals surface area contributed by atoms with Crippen LogP contribution in [0.25, 0.3) is 39.3 Å². The maximum Gasteiger partial charge on any atom is 0.257 e. The van der Waals surface area contributed by atoms with Crippen LogP contribution in [-0.2, 0) is 17.4 Å². The topological polar surface area (TPSA) is 7.76 Å². The van der Waals surface area contributed by atoms with Crippen molar-refractivity contribution in [2.24, 2.45) is 0 Å². The van der Waals surface area contributed by atoms with Crippen molar-refractivity contribution in [3.63, 3.8) is 0 Å². The third-order valence-corrected chi connectivity index (χ3v) is 9.63. The molecule has 2 aromatic heterocycles. The zero-order valence-corrected chi connectivity index (χ0v) is 23.0. The van der Waals surface area contributed by atoms with Gasteiger partial charge in [-0.1, -0.05) is 66.7 Å². The van der Waals surface area contributed by atoms with E-state index in [0.717, 1.165) is 18.5 Å². The number of benzene rings is 3. The van der Waals surface area contributed by atoms with Crippen LogP contribution in [0.1, 0.15) is 37.0 Å². The minimum Gasteiger partial charge on any atom is -0.181 e. The minimum absolute atomic E-state index is 0.209. The quantitative estimate of drug-likeness (QED) is 0.206. The molecular formula is C37H34N2+2. The molecule has 2 unspecified atom stereocenters. The second-order valence-electron chi connectivity index (χ2n) is 11.5. The summed E-state index contributed by atoms with van der Waals surface area (Å²) in [6.07, 6.45) is 6.59. The summed E-state index contributed by atoms with van der Waals surface area (Å²) in [5, 5.41) is 0. The van der Waals surface area contributed by atoms with E-state index in [1.54, 1.807) is 0 Å². The van der Waals surface area contributed by atoms with E-state index >= 15 is 0 Å². The predicted molar refractivity (Wildman–Crippen MR) is 159 cm³/mol. The first-order chi connectivity index (χ1) is 18.9. The van der Waals surface area contributed by atoms with E-state index in [1.165, 1.54) is 50.3 Å². The fraction of sp³-hybridized carbons (Fsp3) is 0.189. The van der Waals surface area contributed by atoms with E-state index in [0.29, 0.717) is 0 Å². The fourth-order valence-corrected chi connectivity index (χ4v) is 7.21. The molecule has 2 atom stereocenters. The van der Waals surface area contributed by atoms with Crippen LogP contribution < -0.4 is 9.13 Å². The summed E-state index contributed by atoms with van der Waals surface area (Å²) < 4.78 is 4.89. The van der Waals surface area contributed by atoms with Gasteiger partial charge >= 0.3 is 0 Å². The van der Waals surface area contributed by atoms with Gasteiger partial charge in [-0.15, -0.1) is 0 Å². The normalized spacial score (nSPS) is 21.3. The number of rotatable bonds is 1. The van der Waals surface area contributed by atoms with E-state index in [4.69, 9.17) is 6.58 Å². The molecule has 0 radical (unpaired) electrons. The molecular weight excluding hydrogens is 472 g/mol. The third-order valence-electron chi connectivity index (χ3n) is 9.63. The Bertz CT molecular complexity index is 1770. The highest BCUT2D eigenvalue weighted by atomic mass is 15.2. The standard InChI is InChI=1S/C37H34N2/c1-26-24-35-31-18-10-11-19-33(31)36(3)22-21-29-16-8-9-17-30(29)34-20-12-13-23-38(34)27(2)37(36,4)39(35)25-32(26)28-14-6-5-7-15-28/h5-20,23-25H,2,21-22H2,1,3-4H3/q+2. The molecule has 2 heteroatoms. The number of allylic oxidation sites excluding steroid dienone is 1. The van der Waals surface area contributed by atoms with Crippen LogP contribution in [0.3, 0.4) is 0 Å². The maximum absolute atomic E-state index is 4.91. The van der Waals surface area contributed by atoms with E-state index in [9.17, 15) is 0 Å². The second kappa shape index (κ2) is 8.61. The van der Waals surface area contributed by atoms with Crippen molar-refractivity contribution in [1.82, 2.24) is 0 Å². The molecule has 2 nitrogen and oxygen atoms in total. The molecule has 3 aromatic carbocycles. The Balaban J connectivity index is 1.59. The molecule has 2 aliphatic rings. The first-order valence-electron chi connectivity index (χ1n) is 13.9. The highest BCUT2D eigenvalue weighted by Crippen LogP contribution is 2.52. The summed E-state index contributed by atoms with van der Waals surface area (Å²) in [4.78, 5) is 0. The Hall–Kier alpha value is -4.30. The van der Waals surface area contributed by atoms with Crippen LogP contribution in [0.2, 0.25) is 0 Å². The van der Waals surface area contributed by atoms with Crippen molar-refractivity contribution in [2.45, 2.75) is 44.6 Å². The number of pyridine rings is 2. The van der Waals surface area contributed by atoms with Gasteiger partial charge in [-0.3, -0.25) is 0 Å². The van der Waals surface area contributed by atoms with Gasteiger partial charge in [-0.2, -0.15) is 9.13 Å². The molecule has 190 valence electrons. The molecule has 0 fully saturated rings. The van der Waals surface area contributed by atoms with Gasteiger partial charge in [0.1, 0.15) is 0 Å². The Morgan fingerprint density at radius 3 is 2.23 bits per heavy atom. The summed E-state index contributed by atoms with van der Waals surface area (Å²) >= 11 is 0. The highest BCUT2D eigenvalue weighted by molar-refractivity contribution is 5.73. The van der Waals surface area contributed by atoms with Gasteiger partial charge in [-0.05, 0) is 73.7 Å². The molecule has 39 heavy (non-hydrogen) atoms. The van der Waals surface area contributed by atoms with Gasteiger partial charge in [0, 0.05) is 36.2 Å². The van der Waals surface area contributed by atoms with E-state index in [-0.39, 0.29) is 5.41 Å². The Morgan fingerprint density at radius 2 is 1.41 bits per heavy atom. The van der Waals surface area contributed by atoms with Crippen molar-refractivity contribution < 1.29 is 9.13 Å². The van der Waals surface area contributed by atoms with E-state index in [1.807, 2.05) is 0 Å². The van der Waals surface area contributed by atoms with Crippen LogP contribution in [0.15, 0.2) is 122 Å². The molecule has 7 rings (SSSR count). The number of aryl methyl sites for hydroxylation is 2. The number of nitrogens with zero attached hydrogens (tertiary/aromatic N) is 2. The number of hydrogen-bond acceptors (Lipinski definition) is 0. The molecule has 0 aliphatic carbocycles. The number of fused-ring (bicyclic) bond motifs is 9. The van der Waals surface area contributed by atoms with Crippen LogP contribution in [0, 0.1) is 6.92 Å². The largest absolute Gasteiger partial charge is 0.257 e. The van der Waals surface area contributed by atoms with E-state index < -0.39 is 5.54 Å². The average molecular weight is 507 g/mol. The van der Waals surface area contributed by atoms with Gasteiger partial charge in [-0.25, -0.2) is 0 Å². The van der Waals surface area contributed by atoms with Gasteiger partial charge in [0.05, 0.1) is 11.0 Å². The third kappa shape index (κ3) is 3.27. The average Bonchev–Trinajstić information content (AvgIpc) is 3.01. The van der Waals surface area contributed by atoms with Crippen molar-refractivity contribution in [3.05, 3.63) is 139 Å². The van der Waals surface area contributed by atoms with Crippen LogP contribution in [-0.4, -0.2) is 0 Å². The smallest absolute Gasteiger partial charge is 0.181 e. The Morgan fingerprint density at radius 1 is 0.718 bits per heavy atom. The minimum atomic E-state index is -0.434. The van der Waals surface area contributed by atoms with Gasteiger partial charge < -0.3 is 0 Å². The monoisotopic (exact) mass is 506 g/mol. The van der Waals surface area contributed by atoms with Gasteiger partial charge in [0.15, 0.2) is 12.4 Å². The van der Waals surface area contributed by atoms with Crippen molar-refractivity contribution in [1.29, 1.82) is 0 Å². The molecule has 4 heterocycles. The van der Waals surface area contributed by atoms with E-state index in [2.05, 4.69) is 145 Å². The second-order valence-corrected chi connectivity index (χ2v) is 11.5. The lowest BCUT2D eigenvalue weighted by Crippen LogP contribution is -2.71. The van der Waals surface area contributed by atoms with Gasteiger partial charge in [0.25, 0.3) is 11.2 Å². The van der Waals surface area contributed by atoms with Gasteiger partial charge in [0.2, 0.25) is 11.4 Å². The molecule has 0 saturated heterocycles. The molecule has 0 amide bonds. The lowest BCUT2D eigenvalue weighted by atomic mass is 9.59.